The summed E-state index contributed by atoms with van der Waals surface area (Å²) in [6.07, 6.45) is 2.35. The Labute approximate surface area is 318 Å². The number of aldehydes is 1. The lowest BCUT2D eigenvalue weighted by Crippen LogP contribution is -1.94. The van der Waals surface area contributed by atoms with Crippen molar-refractivity contribution in [2.45, 2.75) is 0 Å². The Balaban J connectivity index is 0.000000121. The fraction of sp³-hybridized carbons (Fsp3) is 0.0541. The number of benzene rings is 3. The van der Waals surface area contributed by atoms with E-state index < -0.39 is 5.97 Å². The van der Waals surface area contributed by atoms with Gasteiger partial charge in [0.1, 0.15) is 0 Å². The van der Waals surface area contributed by atoms with Gasteiger partial charge >= 0.3 is 5.97 Å². The summed E-state index contributed by atoms with van der Waals surface area (Å²) in [4.78, 5) is 26.2. The Hall–Kier alpha value is -4.13. The molecule has 0 radical (unpaired) electrons. The summed E-state index contributed by atoms with van der Waals surface area (Å²) in [5.74, 6) is -1.19. The van der Waals surface area contributed by atoms with Crippen molar-refractivity contribution >= 4 is 172 Å². The first kappa shape index (κ1) is 34.3. The number of rotatable bonds is 5. The van der Waals surface area contributed by atoms with E-state index in [9.17, 15) is 9.59 Å². The van der Waals surface area contributed by atoms with Crippen LogP contribution in [-0.2, 0) is 4.79 Å². The second kappa shape index (κ2) is 14.6. The van der Waals surface area contributed by atoms with Gasteiger partial charge in [0.25, 0.3) is 5.70 Å². The third-order valence-electron chi connectivity index (χ3n) is 7.68. The Bertz CT molecular complexity index is 2790. The molecule has 0 amide bonds. The van der Waals surface area contributed by atoms with E-state index in [1.165, 1.54) is 66.5 Å². The number of fused-ring (bicyclic) bond motifs is 9. The number of carbonyl (C=O) groups excluding carboxylic acids is 1. The van der Waals surface area contributed by atoms with Gasteiger partial charge in [-0.15, -0.1) is 68.0 Å². The first-order valence-electron chi connectivity index (χ1n) is 14.9. The monoisotopic (exact) mass is 829 g/mol. The average molecular weight is 831 g/mol. The van der Waals surface area contributed by atoms with E-state index in [-0.39, 0.29) is 5.70 Å². The number of anilines is 2. The van der Waals surface area contributed by atoms with Crippen molar-refractivity contribution in [2.24, 2.45) is 0 Å². The maximum atomic E-state index is 10.9. The van der Waals surface area contributed by atoms with Crippen LogP contribution in [0.1, 0.15) is 14.5 Å². The standard InChI is InChI=1S/C15H10N2O2S2.C12H9NOS2.C10H5BrS2/c1-16-8-3-4-10-12(5-8)21-13-7-9(20-14(10)13)6-11(17-2)15(18)19;1-13-7-2-3-9-10(4-7)16-11-5-8(6-14)15-12(9)11;11-6-1-2-7-9(5-6)13-8-3-4-12-10(7)8/h3-7,16H,1H3,(H,18,19);2-6,13H,1H3;1-5H/b11-6-;;. The van der Waals surface area contributed by atoms with Gasteiger partial charge in [0.2, 0.25) is 0 Å². The first-order valence-corrected chi connectivity index (χ1v) is 20.6. The molecule has 6 heterocycles. The van der Waals surface area contributed by atoms with E-state index in [1.807, 2.05) is 55.0 Å². The molecule has 9 aromatic rings. The smallest absolute Gasteiger partial charge is 0.333 e. The summed E-state index contributed by atoms with van der Waals surface area (Å²) in [6.45, 7) is 6.89. The zero-order chi connectivity index (χ0) is 34.9. The minimum absolute atomic E-state index is 0.259. The van der Waals surface area contributed by atoms with Crippen LogP contribution in [0.3, 0.4) is 0 Å². The van der Waals surface area contributed by atoms with E-state index in [0.717, 1.165) is 41.3 Å². The van der Waals surface area contributed by atoms with Crippen LogP contribution in [0, 0.1) is 6.57 Å². The number of hydrogen-bond acceptors (Lipinski definition) is 10. The topological polar surface area (TPSA) is 82.8 Å². The summed E-state index contributed by atoms with van der Waals surface area (Å²) in [6, 6.07) is 25.1. The van der Waals surface area contributed by atoms with Gasteiger partial charge in [-0.1, -0.05) is 34.1 Å². The third-order valence-corrected chi connectivity index (χ3v) is 15.0. The number of aliphatic carboxylic acids is 1. The summed E-state index contributed by atoms with van der Waals surface area (Å²) in [7, 11) is 3.80. The predicted molar refractivity (Wildman–Crippen MR) is 226 cm³/mol. The Morgan fingerprint density at radius 2 is 1.24 bits per heavy atom. The normalized spacial score (nSPS) is 11.4. The summed E-state index contributed by atoms with van der Waals surface area (Å²) in [5.41, 5.74) is 1.93. The minimum Gasteiger partial charge on any atom is -0.486 e. The molecule has 3 N–H and O–H groups in total. The van der Waals surface area contributed by atoms with Gasteiger partial charge in [-0.2, -0.15) is 0 Å². The van der Waals surface area contributed by atoms with Gasteiger partial charge in [0.15, 0.2) is 6.29 Å². The van der Waals surface area contributed by atoms with Crippen LogP contribution in [0.15, 0.2) is 88.3 Å². The van der Waals surface area contributed by atoms with Gasteiger partial charge in [-0.05, 0) is 66.1 Å². The Kier molecular flexibility index (Phi) is 10.0. The number of thiophene rings is 6. The molecule has 0 aliphatic rings. The van der Waals surface area contributed by atoms with E-state index in [4.69, 9.17) is 11.7 Å². The van der Waals surface area contributed by atoms with Gasteiger partial charge < -0.3 is 15.7 Å². The molecule has 0 bridgehead atoms. The Morgan fingerprint density at radius 1 is 0.700 bits per heavy atom. The number of hydrogen-bond donors (Lipinski definition) is 3. The molecule has 9 rings (SSSR count). The lowest BCUT2D eigenvalue weighted by molar-refractivity contribution is -0.132. The van der Waals surface area contributed by atoms with Gasteiger partial charge in [-0.3, -0.25) is 9.59 Å². The van der Waals surface area contributed by atoms with Crippen LogP contribution in [-0.4, -0.2) is 31.5 Å². The molecule has 0 spiro atoms. The number of carboxylic acid groups (broad SMARTS) is 1. The van der Waals surface area contributed by atoms with Gasteiger partial charge in [0, 0.05) is 79.2 Å². The van der Waals surface area contributed by atoms with E-state index in [1.54, 1.807) is 34.0 Å². The lowest BCUT2D eigenvalue weighted by Gasteiger charge is -1.98. The second-order valence-corrected chi connectivity index (χ2v) is 18.0. The van der Waals surface area contributed by atoms with Crippen LogP contribution in [0.5, 0.6) is 0 Å². The van der Waals surface area contributed by atoms with Crippen molar-refractivity contribution in [3.05, 3.63) is 110 Å². The number of halogens is 1. The molecule has 0 aliphatic carbocycles. The minimum atomic E-state index is -1.19. The largest absolute Gasteiger partial charge is 0.486 e. The van der Waals surface area contributed by atoms with E-state index in [2.05, 4.69) is 91.4 Å². The highest BCUT2D eigenvalue weighted by Crippen LogP contribution is 2.42. The highest BCUT2D eigenvalue weighted by molar-refractivity contribution is 9.10. The van der Waals surface area contributed by atoms with E-state index in [0.29, 0.717) is 0 Å². The molecule has 6 aromatic heterocycles. The first-order chi connectivity index (χ1) is 24.3. The molecular formula is C37H24BrN3O3S6. The van der Waals surface area contributed by atoms with Crippen molar-refractivity contribution in [1.82, 2.24) is 0 Å². The van der Waals surface area contributed by atoms with Crippen molar-refractivity contribution in [2.75, 3.05) is 24.7 Å². The lowest BCUT2D eigenvalue weighted by atomic mass is 10.2. The highest BCUT2D eigenvalue weighted by Gasteiger charge is 2.13. The molecule has 0 fully saturated rings. The number of nitrogens with zero attached hydrogens (tertiary/aromatic N) is 1. The predicted octanol–water partition coefficient (Wildman–Crippen LogP) is 13.4. The molecule has 0 atom stereocenters. The van der Waals surface area contributed by atoms with Crippen molar-refractivity contribution < 1.29 is 14.7 Å². The number of carbonyl (C=O) groups is 2. The molecule has 0 aliphatic heterocycles. The van der Waals surface area contributed by atoms with Crippen molar-refractivity contribution in [3.8, 4) is 0 Å². The van der Waals surface area contributed by atoms with Gasteiger partial charge in [0.05, 0.1) is 25.5 Å². The fourth-order valence-corrected chi connectivity index (χ4v) is 13.0. The molecular weight excluding hydrogens is 807 g/mol. The second-order valence-electron chi connectivity index (χ2n) is 10.7. The molecule has 6 nitrogen and oxygen atoms in total. The van der Waals surface area contributed by atoms with Crippen LogP contribution in [0.25, 0.3) is 69.4 Å². The van der Waals surface area contributed by atoms with Crippen molar-refractivity contribution in [1.29, 1.82) is 0 Å². The van der Waals surface area contributed by atoms with Crippen molar-refractivity contribution in [3.63, 3.8) is 0 Å². The number of carboxylic acids is 1. The Morgan fingerprint density at radius 3 is 1.82 bits per heavy atom. The third kappa shape index (κ3) is 6.80. The molecule has 248 valence electrons. The van der Waals surface area contributed by atoms with Crippen LogP contribution >= 0.6 is 84.0 Å². The van der Waals surface area contributed by atoms with Crippen LogP contribution < -0.4 is 10.6 Å². The maximum Gasteiger partial charge on any atom is 0.333 e. The summed E-state index contributed by atoms with van der Waals surface area (Å²) < 4.78 is 12.5. The quantitative estimate of drug-likeness (QED) is 0.0914. The maximum absolute atomic E-state index is 10.9. The van der Waals surface area contributed by atoms with Crippen LogP contribution in [0.4, 0.5) is 11.4 Å². The summed E-state index contributed by atoms with van der Waals surface area (Å²) in [5, 5.41) is 21.1. The zero-order valence-corrected chi connectivity index (χ0v) is 32.7. The molecule has 50 heavy (non-hydrogen) atoms. The SMILES string of the molecule is Brc1ccc2c(c1)sc1ccsc12.CNc1ccc2c(c1)sc1cc(C=O)sc12.[C-]#[N+]/C(=C\c1cc2sc3cc(NC)ccc3c2s1)C(=O)O. The molecule has 0 saturated carbocycles. The zero-order valence-electron chi connectivity index (χ0n) is 26.2. The molecule has 0 unspecified atom stereocenters. The number of nitrogens with one attached hydrogen (secondary N) is 2. The fourth-order valence-electron chi connectivity index (χ4n) is 5.32. The average Bonchev–Trinajstić information content (AvgIpc) is 3.96. The summed E-state index contributed by atoms with van der Waals surface area (Å²) >= 11 is 13.7. The molecule has 3 aromatic carbocycles. The van der Waals surface area contributed by atoms with Crippen LogP contribution in [0.2, 0.25) is 0 Å². The van der Waals surface area contributed by atoms with Gasteiger partial charge in [-0.25, -0.2) is 4.85 Å². The highest BCUT2D eigenvalue weighted by atomic mass is 79.9. The molecule has 0 saturated heterocycles. The van der Waals surface area contributed by atoms with E-state index >= 15 is 0 Å². The molecule has 13 heteroatoms.